The average molecular weight is 262 g/mol. The summed E-state index contributed by atoms with van der Waals surface area (Å²) in [5.74, 6) is 0.848. The van der Waals surface area contributed by atoms with E-state index >= 15 is 0 Å². The van der Waals surface area contributed by atoms with Crippen LogP contribution in [0.15, 0.2) is 12.1 Å². The van der Waals surface area contributed by atoms with E-state index in [1.54, 1.807) is 0 Å². The number of carbonyl (C=O) groups excluding carboxylic acids is 1. The molecule has 4 heteroatoms. The van der Waals surface area contributed by atoms with Gasteiger partial charge in [-0.05, 0) is 56.6 Å². The van der Waals surface area contributed by atoms with Gasteiger partial charge in [0, 0.05) is 13.0 Å². The quantitative estimate of drug-likeness (QED) is 0.787. The molecule has 1 amide bonds. The molecule has 1 aliphatic rings. The number of aryl methyl sites for hydroxylation is 2. The zero-order chi connectivity index (χ0) is 13.8. The van der Waals surface area contributed by atoms with E-state index in [1.807, 2.05) is 13.1 Å². The summed E-state index contributed by atoms with van der Waals surface area (Å²) in [6.45, 7) is 5.74. The number of ether oxygens (including phenoxy) is 1. The standard InChI is InChI=1S/C15H22N2O2/c1-10-7-12-9-14(19-13(12)8-11(10)2)15(18)17-6-4-5-16-3/h7-8,14,16H,4-6,9H2,1-3H3,(H,17,18). The van der Waals surface area contributed by atoms with Crippen molar-refractivity contribution in [1.82, 2.24) is 10.6 Å². The van der Waals surface area contributed by atoms with Gasteiger partial charge in [-0.2, -0.15) is 0 Å². The summed E-state index contributed by atoms with van der Waals surface area (Å²) in [5, 5.41) is 5.97. The van der Waals surface area contributed by atoms with Crippen LogP contribution in [-0.4, -0.2) is 32.1 Å². The third-order valence-electron chi connectivity index (χ3n) is 3.55. The lowest BCUT2D eigenvalue weighted by atomic mass is 10.0. The van der Waals surface area contributed by atoms with Crippen LogP contribution in [0.2, 0.25) is 0 Å². The van der Waals surface area contributed by atoms with E-state index in [4.69, 9.17) is 4.74 Å². The molecule has 1 unspecified atom stereocenters. The van der Waals surface area contributed by atoms with Crippen molar-refractivity contribution in [3.05, 3.63) is 28.8 Å². The largest absolute Gasteiger partial charge is 0.480 e. The maximum atomic E-state index is 12.0. The molecule has 0 aromatic heterocycles. The third-order valence-corrected chi connectivity index (χ3v) is 3.55. The predicted molar refractivity (Wildman–Crippen MR) is 75.6 cm³/mol. The van der Waals surface area contributed by atoms with Crippen LogP contribution in [0.3, 0.4) is 0 Å². The lowest BCUT2D eigenvalue weighted by Crippen LogP contribution is -2.38. The SMILES string of the molecule is CNCCCNC(=O)C1Cc2cc(C)c(C)cc2O1. The number of hydrogen-bond donors (Lipinski definition) is 2. The zero-order valence-electron chi connectivity index (χ0n) is 11.9. The Morgan fingerprint density at radius 2 is 2.05 bits per heavy atom. The second-order valence-corrected chi connectivity index (χ2v) is 5.10. The first-order valence-corrected chi connectivity index (χ1v) is 6.81. The molecule has 1 aromatic carbocycles. The summed E-state index contributed by atoms with van der Waals surface area (Å²) >= 11 is 0. The van der Waals surface area contributed by atoms with Crippen LogP contribution in [0.4, 0.5) is 0 Å². The van der Waals surface area contributed by atoms with Gasteiger partial charge in [0.25, 0.3) is 5.91 Å². The molecule has 2 rings (SSSR count). The Morgan fingerprint density at radius 3 is 2.79 bits per heavy atom. The Kier molecular flexibility index (Phi) is 4.43. The minimum atomic E-state index is -0.370. The molecule has 1 aromatic rings. The van der Waals surface area contributed by atoms with E-state index in [2.05, 4.69) is 30.5 Å². The highest BCUT2D eigenvalue weighted by atomic mass is 16.5. The molecule has 0 fully saturated rings. The van der Waals surface area contributed by atoms with Gasteiger partial charge in [0.05, 0.1) is 0 Å². The number of benzene rings is 1. The fourth-order valence-electron chi connectivity index (χ4n) is 2.25. The van der Waals surface area contributed by atoms with Crippen molar-refractivity contribution in [2.24, 2.45) is 0 Å². The van der Waals surface area contributed by atoms with Crippen molar-refractivity contribution in [3.63, 3.8) is 0 Å². The molecule has 0 saturated carbocycles. The van der Waals surface area contributed by atoms with Crippen LogP contribution in [0, 0.1) is 13.8 Å². The van der Waals surface area contributed by atoms with Gasteiger partial charge in [0.15, 0.2) is 6.10 Å². The second kappa shape index (κ2) is 6.06. The molecular formula is C15H22N2O2. The van der Waals surface area contributed by atoms with Gasteiger partial charge in [0.2, 0.25) is 0 Å². The molecule has 1 aliphatic heterocycles. The maximum absolute atomic E-state index is 12.0. The summed E-state index contributed by atoms with van der Waals surface area (Å²) in [7, 11) is 1.91. The summed E-state index contributed by atoms with van der Waals surface area (Å²) in [6.07, 6.45) is 1.24. The van der Waals surface area contributed by atoms with Gasteiger partial charge >= 0.3 is 0 Å². The monoisotopic (exact) mass is 262 g/mol. The lowest BCUT2D eigenvalue weighted by Gasteiger charge is -2.11. The third kappa shape index (κ3) is 3.26. The normalized spacial score (nSPS) is 16.9. The number of carbonyl (C=O) groups is 1. The van der Waals surface area contributed by atoms with E-state index in [9.17, 15) is 4.79 Å². The average Bonchev–Trinajstić information content (AvgIpc) is 2.78. The molecule has 19 heavy (non-hydrogen) atoms. The predicted octanol–water partition coefficient (Wildman–Crippen LogP) is 1.33. The van der Waals surface area contributed by atoms with Crippen molar-refractivity contribution in [1.29, 1.82) is 0 Å². The molecule has 0 saturated heterocycles. The Bertz CT molecular complexity index is 440. The van der Waals surface area contributed by atoms with Crippen LogP contribution in [0.5, 0.6) is 5.75 Å². The molecule has 0 bridgehead atoms. The first kappa shape index (κ1) is 13.9. The number of rotatable bonds is 5. The van der Waals surface area contributed by atoms with Crippen molar-refractivity contribution in [3.8, 4) is 5.75 Å². The van der Waals surface area contributed by atoms with E-state index < -0.39 is 0 Å². The lowest BCUT2D eigenvalue weighted by molar-refractivity contribution is -0.127. The Hall–Kier alpha value is -1.55. The van der Waals surface area contributed by atoms with Crippen molar-refractivity contribution < 1.29 is 9.53 Å². The molecule has 0 aliphatic carbocycles. The molecule has 0 radical (unpaired) electrons. The van der Waals surface area contributed by atoms with E-state index in [0.717, 1.165) is 24.3 Å². The number of fused-ring (bicyclic) bond motifs is 1. The summed E-state index contributed by atoms with van der Waals surface area (Å²) < 4.78 is 5.73. The smallest absolute Gasteiger partial charge is 0.261 e. The molecule has 2 N–H and O–H groups in total. The number of hydrogen-bond acceptors (Lipinski definition) is 3. The fourth-order valence-corrected chi connectivity index (χ4v) is 2.25. The Balaban J connectivity index is 1.90. The number of amides is 1. The topological polar surface area (TPSA) is 50.4 Å². The highest BCUT2D eigenvalue weighted by Crippen LogP contribution is 2.31. The summed E-state index contributed by atoms with van der Waals surface area (Å²) in [4.78, 5) is 12.0. The van der Waals surface area contributed by atoms with Crippen LogP contribution in [0.25, 0.3) is 0 Å². The van der Waals surface area contributed by atoms with E-state index in [1.165, 1.54) is 11.1 Å². The summed E-state index contributed by atoms with van der Waals surface area (Å²) in [5.41, 5.74) is 3.59. The first-order valence-electron chi connectivity index (χ1n) is 6.81. The molecule has 1 atom stereocenters. The van der Waals surface area contributed by atoms with Crippen LogP contribution in [0.1, 0.15) is 23.1 Å². The van der Waals surface area contributed by atoms with Crippen molar-refractivity contribution >= 4 is 5.91 Å². The number of nitrogens with one attached hydrogen (secondary N) is 2. The minimum absolute atomic E-state index is 0.0115. The van der Waals surface area contributed by atoms with Gasteiger partial charge < -0.3 is 15.4 Å². The second-order valence-electron chi connectivity index (χ2n) is 5.10. The van der Waals surface area contributed by atoms with Gasteiger partial charge in [-0.25, -0.2) is 0 Å². The summed E-state index contributed by atoms with van der Waals surface area (Å²) in [6, 6.07) is 4.15. The zero-order valence-corrected chi connectivity index (χ0v) is 11.9. The highest BCUT2D eigenvalue weighted by Gasteiger charge is 2.29. The van der Waals surface area contributed by atoms with Gasteiger partial charge in [-0.15, -0.1) is 0 Å². The minimum Gasteiger partial charge on any atom is -0.480 e. The van der Waals surface area contributed by atoms with Crippen molar-refractivity contribution in [2.45, 2.75) is 32.8 Å². The molecular weight excluding hydrogens is 240 g/mol. The van der Waals surface area contributed by atoms with Crippen LogP contribution < -0.4 is 15.4 Å². The molecule has 4 nitrogen and oxygen atoms in total. The van der Waals surface area contributed by atoms with E-state index in [-0.39, 0.29) is 12.0 Å². The van der Waals surface area contributed by atoms with Crippen LogP contribution in [-0.2, 0) is 11.2 Å². The fraction of sp³-hybridized carbons (Fsp3) is 0.533. The van der Waals surface area contributed by atoms with Gasteiger partial charge in [-0.3, -0.25) is 4.79 Å². The van der Waals surface area contributed by atoms with Crippen molar-refractivity contribution in [2.75, 3.05) is 20.1 Å². The Labute approximate surface area is 114 Å². The van der Waals surface area contributed by atoms with Gasteiger partial charge in [0.1, 0.15) is 5.75 Å². The molecule has 1 heterocycles. The van der Waals surface area contributed by atoms with E-state index in [0.29, 0.717) is 13.0 Å². The van der Waals surface area contributed by atoms with Crippen LogP contribution >= 0.6 is 0 Å². The van der Waals surface area contributed by atoms with Gasteiger partial charge in [-0.1, -0.05) is 6.07 Å². The first-order chi connectivity index (χ1) is 9.11. The highest BCUT2D eigenvalue weighted by molar-refractivity contribution is 5.82. The Morgan fingerprint density at radius 1 is 1.32 bits per heavy atom. The maximum Gasteiger partial charge on any atom is 0.261 e. The molecule has 104 valence electrons. The molecule has 0 spiro atoms.